The maximum absolute atomic E-state index is 12.4. The Bertz CT molecular complexity index is 477. The second-order valence-corrected chi connectivity index (χ2v) is 6.22. The van der Waals surface area contributed by atoms with E-state index in [4.69, 9.17) is 4.74 Å². The van der Waals surface area contributed by atoms with Crippen LogP contribution in [0.25, 0.3) is 0 Å². The fourth-order valence-corrected chi connectivity index (χ4v) is 2.60. The van der Waals surface area contributed by atoms with Crippen molar-refractivity contribution in [3.05, 3.63) is 28.2 Å². The molecular formula is C15H22BrClN2O2. The number of amides is 1. The fourth-order valence-electron chi connectivity index (χ4n) is 2.26. The maximum atomic E-state index is 12.4. The lowest BCUT2D eigenvalue weighted by molar-refractivity contribution is 0.0923. The highest BCUT2D eigenvalue weighted by Gasteiger charge is 2.19. The van der Waals surface area contributed by atoms with Crippen LogP contribution in [-0.2, 0) is 0 Å². The van der Waals surface area contributed by atoms with Crippen LogP contribution in [0, 0.1) is 0 Å². The van der Waals surface area contributed by atoms with Gasteiger partial charge in [-0.3, -0.25) is 4.79 Å². The van der Waals surface area contributed by atoms with Crippen molar-refractivity contribution < 1.29 is 9.53 Å². The number of rotatable bonds is 4. The minimum Gasteiger partial charge on any atom is -0.490 e. The summed E-state index contributed by atoms with van der Waals surface area (Å²) in [6.45, 7) is 5.83. The molecule has 0 unspecified atom stereocenters. The number of ether oxygens (including phenoxy) is 1. The van der Waals surface area contributed by atoms with E-state index in [1.165, 1.54) is 0 Å². The average Bonchev–Trinajstić information content (AvgIpc) is 2.39. The zero-order valence-electron chi connectivity index (χ0n) is 12.3. The van der Waals surface area contributed by atoms with E-state index >= 15 is 0 Å². The first kappa shape index (κ1) is 18.3. The van der Waals surface area contributed by atoms with E-state index in [9.17, 15) is 4.79 Å². The molecule has 4 nitrogen and oxygen atoms in total. The van der Waals surface area contributed by atoms with Crippen molar-refractivity contribution in [3.8, 4) is 5.75 Å². The second kappa shape index (κ2) is 8.61. The predicted octanol–water partition coefficient (Wildman–Crippen LogP) is 3.14. The SMILES string of the molecule is CC(C)Oc1cc(Br)ccc1C(=O)NC1CCNCC1.Cl. The first-order chi connectivity index (χ1) is 9.56. The Morgan fingerprint density at radius 3 is 2.67 bits per heavy atom. The standard InChI is InChI=1S/C15H21BrN2O2.ClH/c1-10(2)20-14-9-11(16)3-4-13(14)15(19)18-12-5-7-17-8-6-12;/h3-4,9-10,12,17H,5-8H2,1-2H3,(H,18,19);1H. The van der Waals surface area contributed by atoms with Crippen LogP contribution in [0.1, 0.15) is 37.0 Å². The lowest BCUT2D eigenvalue weighted by atomic mass is 10.1. The van der Waals surface area contributed by atoms with Crippen molar-refractivity contribution in [2.75, 3.05) is 13.1 Å². The molecule has 0 radical (unpaired) electrons. The normalized spacial score (nSPS) is 15.4. The number of nitrogens with one attached hydrogen (secondary N) is 2. The van der Waals surface area contributed by atoms with Crippen LogP contribution in [0.3, 0.4) is 0 Å². The summed E-state index contributed by atoms with van der Waals surface area (Å²) in [6, 6.07) is 5.76. The molecular weight excluding hydrogens is 356 g/mol. The summed E-state index contributed by atoms with van der Waals surface area (Å²) in [5.41, 5.74) is 0.598. The minimum atomic E-state index is -0.0555. The molecule has 2 rings (SSSR count). The van der Waals surface area contributed by atoms with E-state index in [-0.39, 0.29) is 30.5 Å². The zero-order chi connectivity index (χ0) is 14.5. The van der Waals surface area contributed by atoms with Gasteiger partial charge in [0.05, 0.1) is 11.7 Å². The molecule has 0 saturated carbocycles. The maximum Gasteiger partial charge on any atom is 0.255 e. The van der Waals surface area contributed by atoms with Crippen LogP contribution in [0.2, 0.25) is 0 Å². The molecule has 1 heterocycles. The van der Waals surface area contributed by atoms with Gasteiger partial charge in [-0.05, 0) is 58.0 Å². The first-order valence-electron chi connectivity index (χ1n) is 7.04. The van der Waals surface area contributed by atoms with Crippen LogP contribution in [0.5, 0.6) is 5.75 Å². The second-order valence-electron chi connectivity index (χ2n) is 5.30. The topological polar surface area (TPSA) is 50.4 Å². The van der Waals surface area contributed by atoms with E-state index in [0.29, 0.717) is 11.3 Å². The molecule has 6 heteroatoms. The molecule has 2 N–H and O–H groups in total. The van der Waals surface area contributed by atoms with Crippen molar-refractivity contribution >= 4 is 34.2 Å². The first-order valence-corrected chi connectivity index (χ1v) is 7.83. The Hall–Kier alpha value is -0.780. The molecule has 118 valence electrons. The highest BCUT2D eigenvalue weighted by atomic mass is 79.9. The van der Waals surface area contributed by atoms with Gasteiger partial charge in [-0.2, -0.15) is 0 Å². The van der Waals surface area contributed by atoms with Gasteiger partial charge in [0.1, 0.15) is 5.75 Å². The molecule has 1 amide bonds. The van der Waals surface area contributed by atoms with Crippen LogP contribution in [0.4, 0.5) is 0 Å². The van der Waals surface area contributed by atoms with E-state index < -0.39 is 0 Å². The monoisotopic (exact) mass is 376 g/mol. The van der Waals surface area contributed by atoms with Gasteiger partial charge < -0.3 is 15.4 Å². The fraction of sp³-hybridized carbons (Fsp3) is 0.533. The number of halogens is 2. The smallest absolute Gasteiger partial charge is 0.255 e. The molecule has 1 saturated heterocycles. The van der Waals surface area contributed by atoms with Crippen LogP contribution in [-0.4, -0.2) is 31.1 Å². The summed E-state index contributed by atoms with van der Waals surface area (Å²) < 4.78 is 6.64. The van der Waals surface area contributed by atoms with Crippen molar-refractivity contribution in [1.29, 1.82) is 0 Å². The van der Waals surface area contributed by atoms with Gasteiger partial charge in [0.2, 0.25) is 0 Å². The minimum absolute atomic E-state index is 0. The van der Waals surface area contributed by atoms with Gasteiger partial charge in [0.25, 0.3) is 5.91 Å². The van der Waals surface area contributed by atoms with Crippen molar-refractivity contribution in [3.63, 3.8) is 0 Å². The largest absolute Gasteiger partial charge is 0.490 e. The van der Waals surface area contributed by atoms with Crippen LogP contribution in [0.15, 0.2) is 22.7 Å². The quantitative estimate of drug-likeness (QED) is 0.847. The van der Waals surface area contributed by atoms with Gasteiger partial charge >= 0.3 is 0 Å². The van der Waals surface area contributed by atoms with Gasteiger partial charge in [0.15, 0.2) is 0 Å². The third-order valence-corrected chi connectivity index (χ3v) is 3.72. The Balaban J connectivity index is 0.00000220. The summed E-state index contributed by atoms with van der Waals surface area (Å²) in [5, 5.41) is 6.38. The average molecular weight is 378 g/mol. The van der Waals surface area contributed by atoms with Gasteiger partial charge in [-0.25, -0.2) is 0 Å². The number of hydrogen-bond acceptors (Lipinski definition) is 3. The van der Waals surface area contributed by atoms with Crippen LogP contribution >= 0.6 is 28.3 Å². The molecule has 0 bridgehead atoms. The third kappa shape index (κ3) is 5.49. The van der Waals surface area contributed by atoms with Gasteiger partial charge in [-0.1, -0.05) is 15.9 Å². The Morgan fingerprint density at radius 1 is 1.38 bits per heavy atom. The van der Waals surface area contributed by atoms with Gasteiger partial charge in [0, 0.05) is 10.5 Å². The molecule has 0 aliphatic carbocycles. The number of benzene rings is 1. The third-order valence-electron chi connectivity index (χ3n) is 3.23. The van der Waals surface area contributed by atoms with E-state index in [2.05, 4.69) is 26.6 Å². The zero-order valence-corrected chi connectivity index (χ0v) is 14.7. The summed E-state index contributed by atoms with van der Waals surface area (Å²) in [6.07, 6.45) is 1.99. The van der Waals surface area contributed by atoms with E-state index in [0.717, 1.165) is 30.4 Å². The number of hydrogen-bond donors (Lipinski definition) is 2. The van der Waals surface area contributed by atoms with Crippen molar-refractivity contribution in [1.82, 2.24) is 10.6 Å². The summed E-state index contributed by atoms with van der Waals surface area (Å²) in [4.78, 5) is 12.4. The molecule has 1 fully saturated rings. The number of carbonyl (C=O) groups excluding carboxylic acids is 1. The van der Waals surface area contributed by atoms with Gasteiger partial charge in [-0.15, -0.1) is 12.4 Å². The molecule has 21 heavy (non-hydrogen) atoms. The molecule has 0 spiro atoms. The molecule has 0 atom stereocenters. The molecule has 1 aromatic carbocycles. The van der Waals surface area contributed by atoms with E-state index in [1.807, 2.05) is 26.0 Å². The van der Waals surface area contributed by atoms with E-state index in [1.54, 1.807) is 6.07 Å². The lowest BCUT2D eigenvalue weighted by Crippen LogP contribution is -2.42. The Kier molecular flexibility index (Phi) is 7.49. The lowest BCUT2D eigenvalue weighted by Gasteiger charge is -2.24. The number of piperidine rings is 1. The van der Waals surface area contributed by atoms with Crippen molar-refractivity contribution in [2.24, 2.45) is 0 Å². The summed E-state index contributed by atoms with van der Waals surface area (Å²) >= 11 is 3.41. The molecule has 1 aromatic rings. The van der Waals surface area contributed by atoms with Crippen LogP contribution < -0.4 is 15.4 Å². The Morgan fingerprint density at radius 2 is 2.05 bits per heavy atom. The molecule has 1 aliphatic rings. The summed E-state index contributed by atoms with van der Waals surface area (Å²) in [7, 11) is 0. The molecule has 1 aliphatic heterocycles. The Labute approximate surface area is 140 Å². The summed E-state index contributed by atoms with van der Waals surface area (Å²) in [5.74, 6) is 0.570. The number of carbonyl (C=O) groups is 1. The highest BCUT2D eigenvalue weighted by molar-refractivity contribution is 9.10. The highest BCUT2D eigenvalue weighted by Crippen LogP contribution is 2.25. The predicted molar refractivity (Wildman–Crippen MR) is 90.5 cm³/mol. The molecule has 0 aromatic heterocycles. The van der Waals surface area contributed by atoms with Crippen molar-refractivity contribution in [2.45, 2.75) is 38.8 Å².